The van der Waals surface area contributed by atoms with E-state index in [0.29, 0.717) is 5.41 Å². The van der Waals surface area contributed by atoms with Gasteiger partial charge < -0.3 is 9.67 Å². The zero-order valence-corrected chi connectivity index (χ0v) is 17.1. The van der Waals surface area contributed by atoms with Gasteiger partial charge in [0.05, 0.1) is 18.1 Å². The normalized spacial score (nSPS) is 43.4. The maximum Gasteiger partial charge on any atom is 0.0992 e. The first-order chi connectivity index (χ1) is 13.0. The molecular weight excluding hydrogens is 332 g/mol. The van der Waals surface area contributed by atoms with Gasteiger partial charge in [0.25, 0.3) is 0 Å². The monoisotopic (exact) mass is 366 g/mol. The molecule has 3 heteroatoms. The molecule has 1 aromatic heterocycles. The summed E-state index contributed by atoms with van der Waals surface area (Å²) in [5.74, 6) is 2.33. The number of hydrogen-bond acceptors (Lipinski definition) is 2. The van der Waals surface area contributed by atoms with Crippen molar-refractivity contribution in [2.45, 2.75) is 78.2 Å². The van der Waals surface area contributed by atoms with Crippen LogP contribution in [0.25, 0.3) is 5.70 Å². The van der Waals surface area contributed by atoms with Crippen molar-refractivity contribution < 1.29 is 5.11 Å². The molecule has 0 saturated heterocycles. The Labute approximate surface area is 163 Å². The van der Waals surface area contributed by atoms with Crippen molar-refractivity contribution in [1.29, 1.82) is 0 Å². The van der Waals surface area contributed by atoms with E-state index >= 15 is 0 Å². The zero-order valence-electron chi connectivity index (χ0n) is 17.1. The molecule has 146 valence electrons. The molecular formula is C24H34N2O. The predicted molar refractivity (Wildman–Crippen MR) is 109 cm³/mol. The maximum atomic E-state index is 10.2. The van der Waals surface area contributed by atoms with Crippen molar-refractivity contribution in [3.05, 3.63) is 35.9 Å². The van der Waals surface area contributed by atoms with Gasteiger partial charge in [-0.1, -0.05) is 38.5 Å². The number of hydrogen-bond donors (Lipinski definition) is 1. The summed E-state index contributed by atoms with van der Waals surface area (Å²) >= 11 is 0. The molecule has 4 aliphatic rings. The molecule has 0 aliphatic heterocycles. The lowest BCUT2D eigenvalue weighted by molar-refractivity contribution is -0.0249. The Morgan fingerprint density at radius 2 is 1.93 bits per heavy atom. The average Bonchev–Trinajstić information content (AvgIpc) is 3.25. The van der Waals surface area contributed by atoms with Crippen molar-refractivity contribution in [2.75, 3.05) is 0 Å². The van der Waals surface area contributed by atoms with Crippen LogP contribution in [0, 0.1) is 28.6 Å². The topological polar surface area (TPSA) is 38.0 Å². The van der Waals surface area contributed by atoms with Crippen LogP contribution in [0.3, 0.4) is 0 Å². The molecule has 0 amide bonds. The molecule has 0 aromatic carbocycles. The van der Waals surface area contributed by atoms with Crippen LogP contribution in [0.15, 0.2) is 30.2 Å². The second-order valence-electron chi connectivity index (χ2n) is 10.1. The second kappa shape index (κ2) is 6.07. The van der Waals surface area contributed by atoms with E-state index in [9.17, 15) is 5.11 Å². The minimum absolute atomic E-state index is 0.108. The van der Waals surface area contributed by atoms with Crippen LogP contribution in [-0.2, 0) is 6.42 Å². The van der Waals surface area contributed by atoms with Crippen LogP contribution in [0.4, 0.5) is 0 Å². The molecule has 4 aliphatic carbocycles. The second-order valence-corrected chi connectivity index (χ2v) is 10.1. The lowest BCUT2D eigenvalue weighted by atomic mass is 9.48. The van der Waals surface area contributed by atoms with Crippen molar-refractivity contribution in [3.63, 3.8) is 0 Å². The molecule has 5 rings (SSSR count). The van der Waals surface area contributed by atoms with Crippen LogP contribution in [0.5, 0.6) is 0 Å². The lowest BCUT2D eigenvalue weighted by Crippen LogP contribution is -2.50. The summed E-state index contributed by atoms with van der Waals surface area (Å²) in [5, 5.41) is 10.2. The highest BCUT2D eigenvalue weighted by atomic mass is 16.3. The van der Waals surface area contributed by atoms with E-state index in [0.717, 1.165) is 37.0 Å². The standard InChI is InChI=1S/C24H34N2O/c1-4-17-14-26(15-25-17)22-8-7-20-19-6-5-16-13-18(27)9-11-23(16,2)21(19)10-12-24(20,22)3/h5,8,14-15,18-21,27H,4,6-7,9-13H2,1-3H3/t18-,19?,20?,21?,23-,24-/m0/s1. The minimum Gasteiger partial charge on any atom is -0.393 e. The molecule has 1 N–H and O–H groups in total. The maximum absolute atomic E-state index is 10.2. The van der Waals surface area contributed by atoms with Crippen molar-refractivity contribution in [2.24, 2.45) is 28.6 Å². The van der Waals surface area contributed by atoms with Gasteiger partial charge in [-0.3, -0.25) is 0 Å². The average molecular weight is 367 g/mol. The Bertz CT molecular complexity index is 805. The Morgan fingerprint density at radius 3 is 2.70 bits per heavy atom. The predicted octanol–water partition coefficient (Wildman–Crippen LogP) is 5.22. The van der Waals surface area contributed by atoms with Crippen molar-refractivity contribution in [1.82, 2.24) is 9.55 Å². The molecule has 2 fully saturated rings. The Balaban J connectivity index is 1.45. The fraction of sp³-hybridized carbons (Fsp3) is 0.708. The van der Waals surface area contributed by atoms with Gasteiger partial charge in [-0.15, -0.1) is 0 Å². The van der Waals surface area contributed by atoms with Crippen molar-refractivity contribution >= 4 is 5.70 Å². The molecule has 0 radical (unpaired) electrons. The van der Waals surface area contributed by atoms with E-state index < -0.39 is 0 Å². The van der Waals surface area contributed by atoms with Gasteiger partial charge in [0.1, 0.15) is 0 Å². The summed E-state index contributed by atoms with van der Waals surface area (Å²) in [6.45, 7) is 7.21. The summed E-state index contributed by atoms with van der Waals surface area (Å²) < 4.78 is 2.32. The molecule has 3 nitrogen and oxygen atoms in total. The van der Waals surface area contributed by atoms with E-state index in [1.54, 1.807) is 5.57 Å². The minimum atomic E-state index is -0.108. The van der Waals surface area contributed by atoms with E-state index in [1.165, 1.54) is 43.5 Å². The number of aliphatic hydroxyl groups excluding tert-OH is 1. The van der Waals surface area contributed by atoms with E-state index in [1.807, 2.05) is 6.33 Å². The third-order valence-electron chi connectivity index (χ3n) is 8.89. The van der Waals surface area contributed by atoms with Crippen LogP contribution in [-0.4, -0.2) is 20.8 Å². The number of rotatable bonds is 2. The SMILES string of the molecule is CCc1cn(C2=CCC3C4CC=C5C[C@@H](O)CC[C@]5(C)C4CC[C@]23C)cn1. The first-order valence-electron chi connectivity index (χ1n) is 11.1. The molecule has 1 aromatic rings. The van der Waals surface area contributed by atoms with Gasteiger partial charge in [0, 0.05) is 17.3 Å². The van der Waals surface area contributed by atoms with E-state index in [4.69, 9.17) is 0 Å². The van der Waals surface area contributed by atoms with Gasteiger partial charge in [0.2, 0.25) is 0 Å². The molecule has 27 heavy (non-hydrogen) atoms. The highest BCUT2D eigenvalue weighted by Crippen LogP contribution is 2.65. The van der Waals surface area contributed by atoms with Crippen LogP contribution >= 0.6 is 0 Å². The van der Waals surface area contributed by atoms with Crippen molar-refractivity contribution in [3.8, 4) is 0 Å². The number of aliphatic hydroxyl groups is 1. The molecule has 0 spiro atoms. The fourth-order valence-corrected chi connectivity index (χ4v) is 7.26. The van der Waals surface area contributed by atoms with Crippen LogP contribution in [0.2, 0.25) is 0 Å². The third kappa shape index (κ3) is 2.46. The number of aryl methyl sites for hydroxylation is 1. The highest BCUT2D eigenvalue weighted by molar-refractivity contribution is 5.57. The van der Waals surface area contributed by atoms with Gasteiger partial charge >= 0.3 is 0 Å². The first-order valence-corrected chi connectivity index (χ1v) is 11.1. The summed E-state index contributed by atoms with van der Waals surface area (Å²) in [5.41, 5.74) is 4.87. The summed E-state index contributed by atoms with van der Waals surface area (Å²) in [6.07, 6.45) is 18.3. The smallest absolute Gasteiger partial charge is 0.0992 e. The molecule has 0 bridgehead atoms. The highest BCUT2D eigenvalue weighted by Gasteiger charge is 2.57. The quantitative estimate of drug-likeness (QED) is 0.729. The number of nitrogens with zero attached hydrogens (tertiary/aromatic N) is 2. The Kier molecular flexibility index (Phi) is 3.99. The van der Waals surface area contributed by atoms with E-state index in [-0.39, 0.29) is 11.5 Å². The van der Waals surface area contributed by atoms with Gasteiger partial charge in [-0.2, -0.15) is 0 Å². The molecule has 2 saturated carbocycles. The van der Waals surface area contributed by atoms with Gasteiger partial charge in [-0.25, -0.2) is 4.98 Å². The lowest BCUT2D eigenvalue weighted by Gasteiger charge is -2.57. The molecule has 3 unspecified atom stereocenters. The van der Waals surface area contributed by atoms with Crippen LogP contribution < -0.4 is 0 Å². The Morgan fingerprint density at radius 1 is 1.11 bits per heavy atom. The number of allylic oxidation sites excluding steroid dienone is 3. The largest absolute Gasteiger partial charge is 0.393 e. The number of imidazole rings is 1. The van der Waals surface area contributed by atoms with Gasteiger partial charge in [-0.05, 0) is 74.5 Å². The molecule has 1 heterocycles. The first kappa shape index (κ1) is 17.7. The fourth-order valence-electron chi connectivity index (χ4n) is 7.26. The summed E-state index contributed by atoms with van der Waals surface area (Å²) in [7, 11) is 0. The third-order valence-corrected chi connectivity index (χ3v) is 8.89. The zero-order chi connectivity index (χ0) is 18.8. The van der Waals surface area contributed by atoms with Crippen LogP contribution in [0.1, 0.15) is 71.4 Å². The summed E-state index contributed by atoms with van der Waals surface area (Å²) in [4.78, 5) is 4.59. The summed E-state index contributed by atoms with van der Waals surface area (Å²) in [6, 6.07) is 0. The number of aromatic nitrogens is 2. The Hall–Kier alpha value is -1.35. The van der Waals surface area contributed by atoms with Gasteiger partial charge in [0.15, 0.2) is 0 Å². The number of fused-ring (bicyclic) bond motifs is 5. The van der Waals surface area contributed by atoms with E-state index in [2.05, 4.69) is 48.7 Å². The molecule has 6 atom stereocenters.